The second-order valence-corrected chi connectivity index (χ2v) is 5.46. The zero-order chi connectivity index (χ0) is 11.7. The van der Waals surface area contributed by atoms with E-state index < -0.39 is 0 Å². The highest BCUT2D eigenvalue weighted by Gasteiger charge is 2.22. The molecule has 1 fully saturated rings. The number of aryl methyl sites for hydroxylation is 1. The molecule has 0 aromatic heterocycles. The lowest BCUT2D eigenvalue weighted by Crippen LogP contribution is -2.28. The number of phenolic OH excluding ortho intramolecular Hbond substituents is 1. The van der Waals surface area contributed by atoms with E-state index in [1.54, 1.807) is 0 Å². The molecule has 1 atom stereocenters. The third-order valence-electron chi connectivity index (χ3n) is 3.53. The van der Waals surface area contributed by atoms with E-state index in [2.05, 4.69) is 35.1 Å². The highest BCUT2D eigenvalue weighted by molar-refractivity contribution is 9.10. The number of piperidine rings is 1. The summed E-state index contributed by atoms with van der Waals surface area (Å²) in [5, 5.41) is 13.6. The van der Waals surface area contributed by atoms with E-state index in [0.717, 1.165) is 29.5 Å². The molecule has 1 aliphatic rings. The molecule has 16 heavy (non-hydrogen) atoms. The summed E-state index contributed by atoms with van der Waals surface area (Å²) in [4.78, 5) is 0. The fourth-order valence-electron chi connectivity index (χ4n) is 2.48. The van der Waals surface area contributed by atoms with E-state index >= 15 is 0 Å². The molecule has 1 aromatic carbocycles. The van der Waals surface area contributed by atoms with Crippen molar-refractivity contribution in [2.75, 3.05) is 13.1 Å². The highest BCUT2D eigenvalue weighted by atomic mass is 79.9. The van der Waals surface area contributed by atoms with Crippen molar-refractivity contribution in [1.82, 2.24) is 5.32 Å². The third kappa shape index (κ3) is 2.11. The molecule has 1 heterocycles. The van der Waals surface area contributed by atoms with Crippen LogP contribution in [-0.4, -0.2) is 18.2 Å². The number of hydrogen-bond acceptors (Lipinski definition) is 2. The van der Waals surface area contributed by atoms with Gasteiger partial charge < -0.3 is 10.4 Å². The molecule has 1 unspecified atom stereocenters. The summed E-state index contributed by atoms with van der Waals surface area (Å²) >= 11 is 3.43. The van der Waals surface area contributed by atoms with E-state index in [0.29, 0.717) is 11.7 Å². The van der Waals surface area contributed by atoms with Gasteiger partial charge in [0.25, 0.3) is 0 Å². The Morgan fingerprint density at radius 2 is 2.19 bits per heavy atom. The number of halogens is 1. The van der Waals surface area contributed by atoms with Gasteiger partial charge in [-0.2, -0.15) is 0 Å². The van der Waals surface area contributed by atoms with Gasteiger partial charge in [0.1, 0.15) is 5.75 Å². The lowest BCUT2D eigenvalue weighted by Gasteiger charge is -2.26. The van der Waals surface area contributed by atoms with Crippen LogP contribution in [0.5, 0.6) is 5.75 Å². The Balaban J connectivity index is 2.45. The molecular weight excluding hydrogens is 266 g/mol. The normalized spacial score (nSPS) is 21.1. The molecule has 2 rings (SSSR count). The van der Waals surface area contributed by atoms with Crippen molar-refractivity contribution in [3.8, 4) is 5.75 Å². The van der Waals surface area contributed by atoms with Gasteiger partial charge in [-0.3, -0.25) is 0 Å². The molecule has 0 bridgehead atoms. The van der Waals surface area contributed by atoms with Crippen LogP contribution in [0.2, 0.25) is 0 Å². The van der Waals surface area contributed by atoms with Gasteiger partial charge in [0, 0.05) is 18.0 Å². The fourth-order valence-corrected chi connectivity index (χ4v) is 3.04. The summed E-state index contributed by atoms with van der Waals surface area (Å²) in [5.41, 5.74) is 3.60. The Morgan fingerprint density at radius 1 is 1.44 bits per heavy atom. The summed E-state index contributed by atoms with van der Waals surface area (Å²) in [5.74, 6) is 0.877. The van der Waals surface area contributed by atoms with Crippen LogP contribution in [0.25, 0.3) is 0 Å². The predicted molar refractivity (Wildman–Crippen MR) is 70.1 cm³/mol. The SMILES string of the molecule is Cc1cc(Br)c(O)c(C2CCCNC2)c1C. The molecular formula is C13H18BrNO. The van der Waals surface area contributed by atoms with Gasteiger partial charge in [0.15, 0.2) is 0 Å². The summed E-state index contributed by atoms with van der Waals surface area (Å²) < 4.78 is 0.816. The number of phenols is 1. The molecule has 2 nitrogen and oxygen atoms in total. The van der Waals surface area contributed by atoms with E-state index in [1.807, 2.05) is 6.07 Å². The molecule has 0 amide bonds. The van der Waals surface area contributed by atoms with Gasteiger partial charge in [-0.25, -0.2) is 0 Å². The van der Waals surface area contributed by atoms with Crippen LogP contribution < -0.4 is 5.32 Å². The van der Waals surface area contributed by atoms with E-state index in [1.165, 1.54) is 17.5 Å². The first kappa shape index (κ1) is 11.9. The lowest BCUT2D eigenvalue weighted by atomic mass is 9.86. The van der Waals surface area contributed by atoms with E-state index in [4.69, 9.17) is 0 Å². The number of benzene rings is 1. The van der Waals surface area contributed by atoms with Crippen molar-refractivity contribution < 1.29 is 5.11 Å². The molecule has 1 aliphatic heterocycles. The Kier molecular flexibility index (Phi) is 3.55. The van der Waals surface area contributed by atoms with Gasteiger partial charge in [0.05, 0.1) is 4.47 Å². The van der Waals surface area contributed by atoms with Crippen LogP contribution in [0, 0.1) is 13.8 Å². The Bertz CT molecular complexity index is 371. The number of rotatable bonds is 1. The minimum atomic E-state index is 0.428. The first-order valence-corrected chi connectivity index (χ1v) is 6.60. The van der Waals surface area contributed by atoms with Gasteiger partial charge in [0.2, 0.25) is 0 Å². The molecule has 1 aromatic rings. The van der Waals surface area contributed by atoms with Crippen molar-refractivity contribution in [3.63, 3.8) is 0 Å². The summed E-state index contributed by atoms with van der Waals surface area (Å²) in [6, 6.07) is 1.99. The smallest absolute Gasteiger partial charge is 0.133 e. The molecule has 0 radical (unpaired) electrons. The zero-order valence-electron chi connectivity index (χ0n) is 9.81. The van der Waals surface area contributed by atoms with Gasteiger partial charge in [-0.1, -0.05) is 0 Å². The van der Waals surface area contributed by atoms with Crippen LogP contribution in [-0.2, 0) is 0 Å². The first-order valence-electron chi connectivity index (χ1n) is 5.80. The third-order valence-corrected chi connectivity index (χ3v) is 4.13. The molecule has 3 heteroatoms. The molecule has 88 valence electrons. The largest absolute Gasteiger partial charge is 0.506 e. The lowest BCUT2D eigenvalue weighted by molar-refractivity contribution is 0.422. The predicted octanol–water partition coefficient (Wildman–Crippen LogP) is 3.24. The number of aromatic hydroxyl groups is 1. The van der Waals surface area contributed by atoms with Crippen LogP contribution >= 0.6 is 15.9 Å². The van der Waals surface area contributed by atoms with Crippen molar-refractivity contribution in [1.29, 1.82) is 0 Å². The molecule has 0 spiro atoms. The number of hydrogen-bond donors (Lipinski definition) is 2. The molecule has 2 N–H and O–H groups in total. The first-order chi connectivity index (χ1) is 7.61. The second-order valence-electron chi connectivity index (χ2n) is 4.61. The minimum Gasteiger partial charge on any atom is -0.506 e. The fraction of sp³-hybridized carbons (Fsp3) is 0.538. The quantitative estimate of drug-likeness (QED) is 0.829. The van der Waals surface area contributed by atoms with Crippen LogP contribution in [0.3, 0.4) is 0 Å². The van der Waals surface area contributed by atoms with Crippen LogP contribution in [0.1, 0.15) is 35.4 Å². The highest BCUT2D eigenvalue weighted by Crippen LogP contribution is 2.39. The maximum absolute atomic E-state index is 10.2. The Morgan fingerprint density at radius 3 is 2.81 bits per heavy atom. The summed E-state index contributed by atoms with van der Waals surface area (Å²) in [6.07, 6.45) is 2.35. The van der Waals surface area contributed by atoms with Crippen molar-refractivity contribution in [2.24, 2.45) is 0 Å². The molecule has 0 saturated carbocycles. The average molecular weight is 284 g/mol. The van der Waals surface area contributed by atoms with Gasteiger partial charge >= 0.3 is 0 Å². The Labute approximate surface area is 105 Å². The Hall–Kier alpha value is -0.540. The molecule has 1 saturated heterocycles. The second kappa shape index (κ2) is 4.76. The van der Waals surface area contributed by atoms with Gasteiger partial charge in [-0.05, 0) is 66.4 Å². The van der Waals surface area contributed by atoms with E-state index in [9.17, 15) is 5.11 Å². The maximum atomic E-state index is 10.2. The van der Waals surface area contributed by atoms with E-state index in [-0.39, 0.29) is 0 Å². The summed E-state index contributed by atoms with van der Waals surface area (Å²) in [6.45, 7) is 6.28. The van der Waals surface area contributed by atoms with Crippen molar-refractivity contribution in [3.05, 3.63) is 27.2 Å². The minimum absolute atomic E-state index is 0.428. The van der Waals surface area contributed by atoms with Crippen molar-refractivity contribution >= 4 is 15.9 Å². The number of nitrogens with one attached hydrogen (secondary N) is 1. The van der Waals surface area contributed by atoms with Crippen molar-refractivity contribution in [2.45, 2.75) is 32.6 Å². The maximum Gasteiger partial charge on any atom is 0.133 e. The zero-order valence-corrected chi connectivity index (χ0v) is 11.4. The topological polar surface area (TPSA) is 32.3 Å². The standard InChI is InChI=1S/C13H18BrNO/c1-8-6-11(14)13(16)12(9(8)2)10-4-3-5-15-7-10/h6,10,15-16H,3-5,7H2,1-2H3. The van der Waals surface area contributed by atoms with Crippen LogP contribution in [0.4, 0.5) is 0 Å². The van der Waals surface area contributed by atoms with Gasteiger partial charge in [-0.15, -0.1) is 0 Å². The van der Waals surface area contributed by atoms with Crippen LogP contribution in [0.15, 0.2) is 10.5 Å². The monoisotopic (exact) mass is 283 g/mol. The molecule has 0 aliphatic carbocycles. The average Bonchev–Trinajstić information content (AvgIpc) is 2.28. The summed E-state index contributed by atoms with van der Waals surface area (Å²) in [7, 11) is 0.